The van der Waals surface area contributed by atoms with Crippen molar-refractivity contribution in [3.8, 4) is 0 Å². The Kier molecular flexibility index (Phi) is 5.70. The van der Waals surface area contributed by atoms with Gasteiger partial charge in [0.25, 0.3) is 0 Å². The van der Waals surface area contributed by atoms with Gasteiger partial charge >= 0.3 is 0 Å². The quantitative estimate of drug-likeness (QED) is 0.780. The minimum Gasteiger partial charge on any atom is -0.340 e. The van der Waals surface area contributed by atoms with Gasteiger partial charge in [-0.05, 0) is 33.1 Å². The van der Waals surface area contributed by atoms with E-state index in [1.54, 1.807) is 11.3 Å². The second-order valence-electron chi connectivity index (χ2n) is 5.09. The number of hydrogen-bond donors (Lipinski definition) is 0. The van der Waals surface area contributed by atoms with Crippen molar-refractivity contribution in [3.63, 3.8) is 0 Å². The van der Waals surface area contributed by atoms with Gasteiger partial charge in [0, 0.05) is 35.9 Å². The Morgan fingerprint density at radius 2 is 2.42 bits per heavy atom. The van der Waals surface area contributed by atoms with E-state index in [2.05, 4.69) is 22.2 Å². The van der Waals surface area contributed by atoms with Gasteiger partial charge in [0.05, 0.1) is 10.7 Å². The third-order valence-corrected chi connectivity index (χ3v) is 5.32. The lowest BCUT2D eigenvalue weighted by atomic mass is 10.0. The molecule has 1 aromatic heterocycles. The molecule has 5 heteroatoms. The molecule has 1 saturated heterocycles. The number of carbonyl (C=O) groups excluding carboxylic acids is 1. The number of amides is 1. The predicted molar refractivity (Wildman–Crippen MR) is 82.7 cm³/mol. The van der Waals surface area contributed by atoms with Gasteiger partial charge < -0.3 is 4.90 Å². The van der Waals surface area contributed by atoms with Crippen molar-refractivity contribution in [3.05, 3.63) is 16.1 Å². The molecule has 1 atom stereocenters. The highest BCUT2D eigenvalue weighted by Gasteiger charge is 2.22. The smallest absolute Gasteiger partial charge is 0.223 e. The number of likely N-dealkylation sites (tertiary alicyclic amines) is 1. The molecule has 0 saturated carbocycles. The monoisotopic (exact) mass is 298 g/mol. The molecule has 1 aliphatic heterocycles. The number of rotatable bonds is 5. The summed E-state index contributed by atoms with van der Waals surface area (Å²) in [5, 5.41) is 3.23. The van der Waals surface area contributed by atoms with Gasteiger partial charge in [-0.1, -0.05) is 0 Å². The zero-order chi connectivity index (χ0) is 13.7. The Hall–Kier alpha value is -0.550. The fourth-order valence-corrected chi connectivity index (χ4v) is 3.96. The molecule has 0 unspecified atom stereocenters. The molecule has 0 N–H and O–H groups in total. The molecule has 0 aromatic carbocycles. The second kappa shape index (κ2) is 7.29. The highest BCUT2D eigenvalue weighted by molar-refractivity contribution is 7.98. The molecule has 1 amide bonds. The number of hydrogen-bond acceptors (Lipinski definition) is 4. The van der Waals surface area contributed by atoms with Crippen LogP contribution in [0.3, 0.4) is 0 Å². The van der Waals surface area contributed by atoms with Crippen LogP contribution in [0.1, 0.15) is 43.3 Å². The standard InChI is InChI=1S/C14H22N2OS2/c1-11-5-3-4-7-16(11)14(17)6-8-18-9-13-10-19-12(2)15-13/h10-11H,3-9H2,1-2H3/t11-/m0/s1. The second-order valence-corrected chi connectivity index (χ2v) is 7.26. The highest BCUT2D eigenvalue weighted by atomic mass is 32.2. The van der Waals surface area contributed by atoms with Crippen molar-refractivity contribution in [2.45, 2.75) is 51.3 Å². The van der Waals surface area contributed by atoms with Crippen LogP contribution in [0.25, 0.3) is 0 Å². The van der Waals surface area contributed by atoms with Crippen LogP contribution in [0.2, 0.25) is 0 Å². The maximum absolute atomic E-state index is 12.1. The lowest BCUT2D eigenvalue weighted by Crippen LogP contribution is -2.42. The lowest BCUT2D eigenvalue weighted by molar-refractivity contribution is -0.133. The van der Waals surface area contributed by atoms with Gasteiger partial charge in [0.2, 0.25) is 5.91 Å². The molecule has 2 heterocycles. The van der Waals surface area contributed by atoms with Gasteiger partial charge in [-0.15, -0.1) is 11.3 Å². The Morgan fingerprint density at radius 1 is 1.58 bits per heavy atom. The van der Waals surface area contributed by atoms with E-state index in [1.165, 1.54) is 12.8 Å². The number of thiazole rings is 1. The van der Waals surface area contributed by atoms with Gasteiger partial charge in [-0.3, -0.25) is 4.79 Å². The summed E-state index contributed by atoms with van der Waals surface area (Å²) in [4.78, 5) is 18.6. The van der Waals surface area contributed by atoms with Crippen molar-refractivity contribution in [1.29, 1.82) is 0 Å². The Labute approximate surface area is 123 Å². The average Bonchev–Trinajstić information content (AvgIpc) is 2.81. The number of piperidine rings is 1. The van der Waals surface area contributed by atoms with Crippen LogP contribution in [-0.2, 0) is 10.5 Å². The van der Waals surface area contributed by atoms with E-state index in [4.69, 9.17) is 0 Å². The Bertz CT molecular complexity index is 419. The average molecular weight is 298 g/mol. The van der Waals surface area contributed by atoms with E-state index in [0.29, 0.717) is 18.4 Å². The number of thioether (sulfide) groups is 1. The Balaban J connectivity index is 1.66. The number of carbonyl (C=O) groups is 1. The first-order valence-electron chi connectivity index (χ1n) is 6.95. The van der Waals surface area contributed by atoms with E-state index in [0.717, 1.165) is 35.2 Å². The molecule has 0 aliphatic carbocycles. The summed E-state index contributed by atoms with van der Waals surface area (Å²) in [7, 11) is 0. The third-order valence-electron chi connectivity index (χ3n) is 3.50. The summed E-state index contributed by atoms with van der Waals surface area (Å²) in [5.41, 5.74) is 1.14. The van der Waals surface area contributed by atoms with Crippen molar-refractivity contribution in [1.82, 2.24) is 9.88 Å². The van der Waals surface area contributed by atoms with Crippen LogP contribution >= 0.6 is 23.1 Å². The van der Waals surface area contributed by atoms with E-state index < -0.39 is 0 Å². The molecule has 1 fully saturated rings. The van der Waals surface area contributed by atoms with Crippen LogP contribution in [-0.4, -0.2) is 34.1 Å². The normalized spacial score (nSPS) is 19.7. The fraction of sp³-hybridized carbons (Fsp3) is 0.714. The summed E-state index contributed by atoms with van der Waals surface area (Å²) >= 11 is 3.50. The molecule has 1 aromatic rings. The van der Waals surface area contributed by atoms with Crippen LogP contribution in [0, 0.1) is 6.92 Å². The molecule has 0 bridgehead atoms. The molecule has 19 heavy (non-hydrogen) atoms. The van der Waals surface area contributed by atoms with Crippen molar-refractivity contribution in [2.24, 2.45) is 0 Å². The molecule has 2 rings (SSSR count). The number of aryl methyl sites for hydroxylation is 1. The van der Waals surface area contributed by atoms with Gasteiger partial charge in [0.1, 0.15) is 0 Å². The summed E-state index contributed by atoms with van der Waals surface area (Å²) in [5.74, 6) is 2.15. The van der Waals surface area contributed by atoms with Crippen LogP contribution in [0.4, 0.5) is 0 Å². The maximum Gasteiger partial charge on any atom is 0.223 e. The lowest BCUT2D eigenvalue weighted by Gasteiger charge is -2.33. The zero-order valence-electron chi connectivity index (χ0n) is 11.7. The SMILES string of the molecule is Cc1nc(CSCCC(=O)N2CCCC[C@@H]2C)cs1. The number of aromatic nitrogens is 1. The zero-order valence-corrected chi connectivity index (χ0v) is 13.4. The first-order valence-corrected chi connectivity index (χ1v) is 8.98. The van der Waals surface area contributed by atoms with Crippen LogP contribution in [0.5, 0.6) is 0 Å². The first-order chi connectivity index (χ1) is 9.16. The molecule has 0 radical (unpaired) electrons. The fourth-order valence-electron chi connectivity index (χ4n) is 2.42. The molecular weight excluding hydrogens is 276 g/mol. The first kappa shape index (κ1) is 14.9. The van der Waals surface area contributed by atoms with Crippen LogP contribution in [0.15, 0.2) is 5.38 Å². The molecule has 106 valence electrons. The number of nitrogens with zero attached hydrogens (tertiary/aromatic N) is 2. The van der Waals surface area contributed by atoms with E-state index in [-0.39, 0.29) is 0 Å². The van der Waals surface area contributed by atoms with E-state index in [1.807, 2.05) is 18.7 Å². The van der Waals surface area contributed by atoms with Crippen molar-refractivity contribution in [2.75, 3.05) is 12.3 Å². The van der Waals surface area contributed by atoms with Gasteiger partial charge in [0.15, 0.2) is 0 Å². The van der Waals surface area contributed by atoms with E-state index in [9.17, 15) is 4.79 Å². The molecule has 0 spiro atoms. The third kappa shape index (κ3) is 4.49. The highest BCUT2D eigenvalue weighted by Crippen LogP contribution is 2.19. The summed E-state index contributed by atoms with van der Waals surface area (Å²) in [6.45, 7) is 5.15. The van der Waals surface area contributed by atoms with Gasteiger partial charge in [-0.2, -0.15) is 11.8 Å². The minimum atomic E-state index is 0.328. The Morgan fingerprint density at radius 3 is 3.11 bits per heavy atom. The molecule has 1 aliphatic rings. The summed E-state index contributed by atoms with van der Waals surface area (Å²) in [6.07, 6.45) is 4.26. The molecular formula is C14H22N2OS2. The van der Waals surface area contributed by atoms with Crippen molar-refractivity contribution >= 4 is 29.0 Å². The minimum absolute atomic E-state index is 0.328. The van der Waals surface area contributed by atoms with Crippen molar-refractivity contribution < 1.29 is 4.79 Å². The van der Waals surface area contributed by atoms with E-state index >= 15 is 0 Å². The maximum atomic E-state index is 12.1. The largest absolute Gasteiger partial charge is 0.340 e. The van der Waals surface area contributed by atoms with Gasteiger partial charge in [-0.25, -0.2) is 4.98 Å². The molecule has 3 nitrogen and oxygen atoms in total. The topological polar surface area (TPSA) is 33.2 Å². The van der Waals surface area contributed by atoms with Crippen LogP contribution < -0.4 is 0 Å². The summed E-state index contributed by atoms with van der Waals surface area (Å²) < 4.78 is 0. The summed E-state index contributed by atoms with van der Waals surface area (Å²) in [6, 6.07) is 0.437. The predicted octanol–water partition coefficient (Wildman–Crippen LogP) is 3.48.